The van der Waals surface area contributed by atoms with Crippen molar-refractivity contribution in [3.8, 4) is 11.5 Å². The Balaban J connectivity index is 1.25. The molecule has 5 rings (SSSR count). The molecule has 180 valence electrons. The van der Waals surface area contributed by atoms with Gasteiger partial charge in [-0.25, -0.2) is 0 Å². The van der Waals surface area contributed by atoms with Crippen molar-refractivity contribution in [3.05, 3.63) is 94.6 Å². The van der Waals surface area contributed by atoms with Gasteiger partial charge in [0.2, 0.25) is 0 Å². The van der Waals surface area contributed by atoms with Crippen LogP contribution in [0, 0.1) is 0 Å². The van der Waals surface area contributed by atoms with Gasteiger partial charge in [-0.3, -0.25) is 4.79 Å². The van der Waals surface area contributed by atoms with Gasteiger partial charge in [-0.15, -0.1) is 0 Å². The van der Waals surface area contributed by atoms with E-state index in [2.05, 4.69) is 66.5 Å². The van der Waals surface area contributed by atoms with Crippen molar-refractivity contribution in [3.63, 3.8) is 0 Å². The van der Waals surface area contributed by atoms with Gasteiger partial charge in [-0.05, 0) is 41.5 Å². The maximum atomic E-state index is 13.0. The summed E-state index contributed by atoms with van der Waals surface area (Å²) in [4.78, 5) is 15.5. The summed E-state index contributed by atoms with van der Waals surface area (Å²) in [5.41, 5.74) is 6.19. The van der Waals surface area contributed by atoms with Crippen molar-refractivity contribution in [1.29, 1.82) is 0 Å². The van der Waals surface area contributed by atoms with E-state index in [1.165, 1.54) is 11.3 Å². The molecule has 0 saturated carbocycles. The third kappa shape index (κ3) is 4.82. The van der Waals surface area contributed by atoms with Crippen LogP contribution in [-0.4, -0.2) is 57.7 Å². The molecule has 3 aromatic rings. The summed E-state index contributed by atoms with van der Waals surface area (Å²) in [5.74, 6) is 1.31. The first-order valence-electron chi connectivity index (χ1n) is 12.2. The van der Waals surface area contributed by atoms with Crippen LogP contribution in [0.1, 0.15) is 27.0 Å². The van der Waals surface area contributed by atoms with Crippen molar-refractivity contribution in [2.24, 2.45) is 0 Å². The van der Waals surface area contributed by atoms with Crippen LogP contribution in [-0.2, 0) is 13.0 Å². The number of anilines is 1. The second-order valence-corrected chi connectivity index (χ2v) is 9.83. The maximum Gasteiger partial charge on any atom is 0.189 e. The van der Waals surface area contributed by atoms with Crippen LogP contribution in [0.2, 0.25) is 0 Å². The van der Waals surface area contributed by atoms with E-state index >= 15 is 0 Å². The molecule has 0 spiro atoms. The third-order valence-corrected chi connectivity index (χ3v) is 7.35. The van der Waals surface area contributed by atoms with Gasteiger partial charge in [0, 0.05) is 28.8 Å². The SMILES string of the molecule is COc1cc2c(cc1OC)C(=O)/C(=C/c1ccc(N3CC[N+](C)(Cc4ccccc4)CC3)cc1)C2. The van der Waals surface area contributed by atoms with Crippen molar-refractivity contribution < 1.29 is 18.8 Å². The van der Waals surface area contributed by atoms with Gasteiger partial charge in [0.05, 0.1) is 47.4 Å². The molecule has 35 heavy (non-hydrogen) atoms. The summed E-state index contributed by atoms with van der Waals surface area (Å²) in [7, 11) is 5.57. The topological polar surface area (TPSA) is 38.8 Å². The van der Waals surface area contributed by atoms with E-state index in [0.717, 1.165) is 53.9 Å². The van der Waals surface area contributed by atoms with E-state index in [0.29, 0.717) is 23.5 Å². The molecule has 1 aliphatic carbocycles. The lowest BCUT2D eigenvalue weighted by molar-refractivity contribution is -0.923. The standard InChI is InChI=1S/C30H33N2O3/c1-32(21-23-7-5-4-6-8-23)15-13-31(14-16-32)26-11-9-22(10-12-26)17-25-18-24-19-28(34-2)29(35-3)20-27(24)30(25)33/h4-12,17,19-20H,13-16,18,21H2,1-3H3/q+1/b25-17+. The van der Waals surface area contributed by atoms with E-state index in [-0.39, 0.29) is 5.78 Å². The molecular weight excluding hydrogens is 436 g/mol. The van der Waals surface area contributed by atoms with Crippen molar-refractivity contribution in [2.75, 3.05) is 52.3 Å². The molecule has 0 amide bonds. The molecular formula is C30H33N2O3+. The van der Waals surface area contributed by atoms with E-state index < -0.39 is 0 Å². The van der Waals surface area contributed by atoms with Gasteiger partial charge in [0.15, 0.2) is 17.3 Å². The second-order valence-electron chi connectivity index (χ2n) is 9.83. The number of rotatable bonds is 6. The number of carbonyl (C=O) groups is 1. The lowest BCUT2D eigenvalue weighted by Crippen LogP contribution is -2.56. The zero-order valence-electron chi connectivity index (χ0n) is 20.8. The average molecular weight is 470 g/mol. The van der Waals surface area contributed by atoms with Crippen LogP contribution >= 0.6 is 0 Å². The molecule has 3 aromatic carbocycles. The fraction of sp³-hybridized carbons (Fsp3) is 0.300. The Hall–Kier alpha value is -3.57. The number of carbonyl (C=O) groups excluding carboxylic acids is 1. The highest BCUT2D eigenvalue weighted by Crippen LogP contribution is 2.37. The number of nitrogens with zero attached hydrogens (tertiary/aromatic N) is 2. The highest BCUT2D eigenvalue weighted by Gasteiger charge is 2.29. The van der Waals surface area contributed by atoms with Gasteiger partial charge in [-0.2, -0.15) is 0 Å². The maximum absolute atomic E-state index is 13.0. The number of ether oxygens (including phenoxy) is 2. The number of piperazine rings is 1. The molecule has 2 aliphatic rings. The molecule has 1 fully saturated rings. The Morgan fingerprint density at radius 1 is 0.914 bits per heavy atom. The Morgan fingerprint density at radius 3 is 2.23 bits per heavy atom. The predicted molar refractivity (Wildman–Crippen MR) is 140 cm³/mol. The highest BCUT2D eigenvalue weighted by atomic mass is 16.5. The number of fused-ring (bicyclic) bond motifs is 1. The van der Waals surface area contributed by atoms with Crippen molar-refractivity contribution >= 4 is 17.5 Å². The van der Waals surface area contributed by atoms with E-state index in [1.807, 2.05) is 12.1 Å². The molecule has 5 nitrogen and oxygen atoms in total. The molecule has 0 unspecified atom stereocenters. The molecule has 1 aliphatic heterocycles. The molecule has 0 radical (unpaired) electrons. The van der Waals surface area contributed by atoms with Gasteiger partial charge in [-0.1, -0.05) is 42.5 Å². The molecule has 0 aromatic heterocycles. The first kappa shape index (κ1) is 23.2. The van der Waals surface area contributed by atoms with Gasteiger partial charge < -0.3 is 18.9 Å². The lowest BCUT2D eigenvalue weighted by atomic mass is 10.1. The zero-order valence-corrected chi connectivity index (χ0v) is 20.8. The number of hydrogen-bond acceptors (Lipinski definition) is 4. The number of methoxy groups -OCH3 is 2. The van der Waals surface area contributed by atoms with Crippen LogP contribution in [0.4, 0.5) is 5.69 Å². The molecule has 1 saturated heterocycles. The Bertz CT molecular complexity index is 1240. The van der Waals surface area contributed by atoms with Crippen LogP contribution in [0.15, 0.2) is 72.3 Å². The Kier molecular flexibility index (Phi) is 6.35. The van der Waals surface area contributed by atoms with Crippen LogP contribution in [0.25, 0.3) is 6.08 Å². The first-order chi connectivity index (χ1) is 17.0. The largest absolute Gasteiger partial charge is 0.493 e. The van der Waals surface area contributed by atoms with Crippen molar-refractivity contribution in [2.45, 2.75) is 13.0 Å². The number of Topliss-reactive ketones (excluding diaryl/α,β-unsaturated/α-hetero) is 1. The molecule has 0 N–H and O–H groups in total. The quantitative estimate of drug-likeness (QED) is 0.377. The minimum Gasteiger partial charge on any atom is -0.493 e. The fourth-order valence-corrected chi connectivity index (χ4v) is 5.22. The second kappa shape index (κ2) is 9.59. The summed E-state index contributed by atoms with van der Waals surface area (Å²) >= 11 is 0. The lowest BCUT2D eigenvalue weighted by Gasteiger charge is -2.43. The normalized spacial score (nSPS) is 18.0. The van der Waals surface area contributed by atoms with Crippen molar-refractivity contribution in [1.82, 2.24) is 0 Å². The van der Waals surface area contributed by atoms with Gasteiger partial charge in [0.25, 0.3) is 0 Å². The number of hydrogen-bond donors (Lipinski definition) is 0. The fourth-order valence-electron chi connectivity index (χ4n) is 5.22. The van der Waals surface area contributed by atoms with Gasteiger partial charge >= 0.3 is 0 Å². The molecule has 0 bridgehead atoms. The smallest absolute Gasteiger partial charge is 0.189 e. The van der Waals surface area contributed by atoms with Crippen LogP contribution in [0.5, 0.6) is 11.5 Å². The summed E-state index contributed by atoms with van der Waals surface area (Å²) in [6.07, 6.45) is 2.62. The highest BCUT2D eigenvalue weighted by molar-refractivity contribution is 6.16. The van der Waals surface area contributed by atoms with Crippen LogP contribution in [0.3, 0.4) is 0 Å². The first-order valence-corrected chi connectivity index (χ1v) is 12.2. The minimum atomic E-state index is 0.0662. The summed E-state index contributed by atoms with van der Waals surface area (Å²) < 4.78 is 11.8. The number of allylic oxidation sites excluding steroid dienone is 1. The van der Waals surface area contributed by atoms with Crippen LogP contribution < -0.4 is 14.4 Å². The monoisotopic (exact) mass is 469 g/mol. The van der Waals surface area contributed by atoms with E-state index in [1.54, 1.807) is 20.3 Å². The number of quaternary nitrogens is 1. The predicted octanol–water partition coefficient (Wildman–Crippen LogP) is 4.99. The van der Waals surface area contributed by atoms with Gasteiger partial charge in [0.1, 0.15) is 6.54 Å². The summed E-state index contributed by atoms with van der Waals surface area (Å²) in [6.45, 7) is 5.42. The number of benzene rings is 3. The summed E-state index contributed by atoms with van der Waals surface area (Å²) in [5, 5.41) is 0. The molecule has 0 atom stereocenters. The number of likely N-dealkylation sites (N-methyl/N-ethyl adjacent to an activating group) is 1. The molecule has 1 heterocycles. The molecule has 5 heteroatoms. The average Bonchev–Trinajstić information content (AvgIpc) is 3.18. The Morgan fingerprint density at radius 2 is 1.57 bits per heavy atom. The van der Waals surface area contributed by atoms with E-state index in [4.69, 9.17) is 9.47 Å². The van der Waals surface area contributed by atoms with E-state index in [9.17, 15) is 4.79 Å². The number of ketones is 1. The summed E-state index contributed by atoms with van der Waals surface area (Å²) in [6, 6.07) is 23.1. The Labute approximate surface area is 207 Å². The zero-order chi connectivity index (χ0) is 24.4. The third-order valence-electron chi connectivity index (χ3n) is 7.35. The minimum absolute atomic E-state index is 0.0662.